The van der Waals surface area contributed by atoms with Crippen molar-refractivity contribution < 1.29 is 8.42 Å². The normalized spacial score (nSPS) is 11.6. The van der Waals surface area contributed by atoms with Gasteiger partial charge in [-0.15, -0.1) is 0 Å². The molecular weight excluding hydrogens is 250 g/mol. The van der Waals surface area contributed by atoms with Crippen LogP contribution in [0, 0.1) is 0 Å². The van der Waals surface area contributed by atoms with Crippen LogP contribution in [-0.2, 0) is 23.0 Å². The molecule has 0 aliphatic rings. The van der Waals surface area contributed by atoms with Crippen molar-refractivity contribution in [3.8, 4) is 0 Å². The molecule has 1 aromatic carbocycles. The number of aromatic nitrogens is 2. The van der Waals surface area contributed by atoms with Gasteiger partial charge >= 0.3 is 0 Å². The fourth-order valence-corrected chi connectivity index (χ4v) is 2.47. The summed E-state index contributed by atoms with van der Waals surface area (Å²) in [5, 5.41) is 0.107. The first-order valence-corrected chi connectivity index (χ1v) is 7.17. The summed E-state index contributed by atoms with van der Waals surface area (Å²) in [5.74, 6) is 0.662. The molecule has 1 heterocycles. The average Bonchev–Trinajstić information content (AvgIpc) is 2.87. The summed E-state index contributed by atoms with van der Waals surface area (Å²) in [6.07, 6.45) is 2.01. The molecule has 18 heavy (non-hydrogen) atoms. The fourth-order valence-electron chi connectivity index (χ4n) is 1.51. The number of imidazole rings is 1. The third-order valence-electron chi connectivity index (χ3n) is 2.54. The second-order valence-corrected chi connectivity index (χ2v) is 5.59. The number of nitrogens with one attached hydrogen (secondary N) is 2. The van der Waals surface area contributed by atoms with Gasteiger partial charge in [0.05, 0.1) is 6.20 Å². The van der Waals surface area contributed by atoms with Crippen molar-refractivity contribution in [2.24, 2.45) is 0 Å². The second kappa shape index (κ2) is 5.32. The van der Waals surface area contributed by atoms with Gasteiger partial charge in [-0.2, -0.15) is 0 Å². The molecule has 0 unspecified atom stereocenters. The Labute approximate surface area is 106 Å². The van der Waals surface area contributed by atoms with Crippen LogP contribution < -0.4 is 4.72 Å². The molecule has 2 N–H and O–H groups in total. The SMILES string of the molecule is CCc1ncc(S(=O)(=O)NCc2ccccc2)[nH]1. The van der Waals surface area contributed by atoms with Crippen LogP contribution in [0.1, 0.15) is 18.3 Å². The van der Waals surface area contributed by atoms with E-state index in [4.69, 9.17) is 0 Å². The van der Waals surface area contributed by atoms with Gasteiger partial charge in [0, 0.05) is 13.0 Å². The van der Waals surface area contributed by atoms with Crippen LogP contribution in [0.25, 0.3) is 0 Å². The molecule has 6 heteroatoms. The lowest BCUT2D eigenvalue weighted by Crippen LogP contribution is -2.23. The molecule has 0 spiro atoms. The summed E-state index contributed by atoms with van der Waals surface area (Å²) in [5.41, 5.74) is 0.913. The minimum atomic E-state index is -3.52. The lowest BCUT2D eigenvalue weighted by molar-refractivity contribution is 0.578. The van der Waals surface area contributed by atoms with Gasteiger partial charge in [0.2, 0.25) is 0 Å². The predicted octanol–water partition coefficient (Wildman–Crippen LogP) is 1.45. The van der Waals surface area contributed by atoms with E-state index in [0.717, 1.165) is 5.56 Å². The van der Waals surface area contributed by atoms with E-state index in [9.17, 15) is 8.42 Å². The molecule has 2 rings (SSSR count). The van der Waals surface area contributed by atoms with E-state index in [0.29, 0.717) is 12.2 Å². The number of nitrogens with zero attached hydrogens (tertiary/aromatic N) is 1. The maximum absolute atomic E-state index is 12.0. The number of sulfonamides is 1. The van der Waals surface area contributed by atoms with Crippen molar-refractivity contribution in [3.05, 3.63) is 47.9 Å². The molecule has 0 aliphatic carbocycles. The summed E-state index contributed by atoms with van der Waals surface area (Å²) in [7, 11) is -3.52. The van der Waals surface area contributed by atoms with Crippen molar-refractivity contribution in [2.45, 2.75) is 24.9 Å². The van der Waals surface area contributed by atoms with E-state index in [1.54, 1.807) is 0 Å². The van der Waals surface area contributed by atoms with Gasteiger partial charge in [-0.25, -0.2) is 18.1 Å². The van der Waals surface area contributed by atoms with Crippen molar-refractivity contribution >= 4 is 10.0 Å². The van der Waals surface area contributed by atoms with E-state index >= 15 is 0 Å². The average molecular weight is 265 g/mol. The molecular formula is C12H15N3O2S. The Morgan fingerprint density at radius 2 is 2.00 bits per heavy atom. The first-order chi connectivity index (χ1) is 8.62. The third-order valence-corrected chi connectivity index (χ3v) is 3.85. The molecule has 5 nitrogen and oxygen atoms in total. The van der Waals surface area contributed by atoms with E-state index in [1.165, 1.54) is 6.20 Å². The van der Waals surface area contributed by atoms with Gasteiger partial charge in [0.15, 0.2) is 5.03 Å². The van der Waals surface area contributed by atoms with Gasteiger partial charge in [-0.1, -0.05) is 37.3 Å². The molecule has 0 atom stereocenters. The van der Waals surface area contributed by atoms with Crippen LogP contribution in [0.4, 0.5) is 0 Å². The Hall–Kier alpha value is -1.66. The number of H-pyrrole nitrogens is 1. The second-order valence-electron chi connectivity index (χ2n) is 3.86. The Morgan fingerprint density at radius 3 is 2.61 bits per heavy atom. The number of hydrogen-bond donors (Lipinski definition) is 2. The highest BCUT2D eigenvalue weighted by Crippen LogP contribution is 2.07. The van der Waals surface area contributed by atoms with Crippen LogP contribution >= 0.6 is 0 Å². The minimum absolute atomic E-state index is 0.107. The molecule has 0 amide bonds. The summed E-state index contributed by atoms with van der Waals surface area (Å²) >= 11 is 0. The smallest absolute Gasteiger partial charge is 0.257 e. The molecule has 2 aromatic rings. The van der Waals surface area contributed by atoms with Gasteiger partial charge in [-0.05, 0) is 5.56 Å². The van der Waals surface area contributed by atoms with Gasteiger partial charge < -0.3 is 4.98 Å². The largest absolute Gasteiger partial charge is 0.332 e. The predicted molar refractivity (Wildman–Crippen MR) is 68.4 cm³/mol. The highest BCUT2D eigenvalue weighted by atomic mass is 32.2. The molecule has 1 aromatic heterocycles. The molecule has 96 valence electrons. The number of hydrogen-bond acceptors (Lipinski definition) is 3. The molecule has 0 saturated heterocycles. The number of rotatable bonds is 5. The maximum Gasteiger partial charge on any atom is 0.257 e. The summed E-state index contributed by atoms with van der Waals surface area (Å²) in [6.45, 7) is 2.18. The lowest BCUT2D eigenvalue weighted by Gasteiger charge is -2.04. The zero-order chi connectivity index (χ0) is 13.0. The highest BCUT2D eigenvalue weighted by Gasteiger charge is 2.16. The summed E-state index contributed by atoms with van der Waals surface area (Å²) < 4.78 is 26.4. The van der Waals surface area contributed by atoms with Gasteiger partial charge in [0.25, 0.3) is 10.0 Å². The first kappa shape index (κ1) is 12.8. The standard InChI is InChI=1S/C12H15N3O2S/c1-2-11-13-9-12(15-11)18(16,17)14-8-10-6-4-3-5-7-10/h3-7,9,14H,2,8H2,1H3,(H,13,15). The van der Waals surface area contributed by atoms with Crippen LogP contribution in [0.5, 0.6) is 0 Å². The first-order valence-electron chi connectivity index (χ1n) is 5.69. The Balaban J connectivity index is 2.08. The van der Waals surface area contributed by atoms with Crippen LogP contribution in [0.15, 0.2) is 41.6 Å². The van der Waals surface area contributed by atoms with Crippen molar-refractivity contribution in [1.82, 2.24) is 14.7 Å². The van der Waals surface area contributed by atoms with E-state index in [2.05, 4.69) is 14.7 Å². The molecule has 0 bridgehead atoms. The lowest BCUT2D eigenvalue weighted by atomic mass is 10.2. The Kier molecular flexibility index (Phi) is 3.78. The Morgan fingerprint density at radius 1 is 1.28 bits per heavy atom. The summed E-state index contributed by atoms with van der Waals surface area (Å²) in [6, 6.07) is 9.37. The fraction of sp³-hybridized carbons (Fsp3) is 0.250. The van der Waals surface area contributed by atoms with Gasteiger partial charge in [0.1, 0.15) is 5.82 Å². The summed E-state index contributed by atoms with van der Waals surface area (Å²) in [4.78, 5) is 6.76. The van der Waals surface area contributed by atoms with Crippen molar-refractivity contribution in [1.29, 1.82) is 0 Å². The van der Waals surface area contributed by atoms with E-state index < -0.39 is 10.0 Å². The van der Waals surface area contributed by atoms with E-state index in [1.807, 2.05) is 37.3 Å². The van der Waals surface area contributed by atoms with Crippen LogP contribution in [-0.4, -0.2) is 18.4 Å². The topological polar surface area (TPSA) is 74.8 Å². The van der Waals surface area contributed by atoms with Crippen molar-refractivity contribution in [3.63, 3.8) is 0 Å². The maximum atomic E-state index is 12.0. The Bertz CT molecular complexity index is 605. The monoisotopic (exact) mass is 265 g/mol. The highest BCUT2D eigenvalue weighted by molar-refractivity contribution is 7.89. The zero-order valence-corrected chi connectivity index (χ0v) is 10.9. The molecule has 0 aliphatic heterocycles. The minimum Gasteiger partial charge on any atom is -0.332 e. The van der Waals surface area contributed by atoms with Crippen LogP contribution in [0.2, 0.25) is 0 Å². The number of aryl methyl sites for hydroxylation is 1. The molecule has 0 saturated carbocycles. The van der Waals surface area contributed by atoms with Crippen molar-refractivity contribution in [2.75, 3.05) is 0 Å². The van der Waals surface area contributed by atoms with E-state index in [-0.39, 0.29) is 11.6 Å². The quantitative estimate of drug-likeness (QED) is 0.859. The molecule has 0 radical (unpaired) electrons. The number of aromatic amines is 1. The van der Waals surface area contributed by atoms with Crippen LogP contribution in [0.3, 0.4) is 0 Å². The molecule has 0 fully saturated rings. The number of benzene rings is 1. The third kappa shape index (κ3) is 2.96. The zero-order valence-electron chi connectivity index (χ0n) is 10.1. The van der Waals surface area contributed by atoms with Gasteiger partial charge in [-0.3, -0.25) is 0 Å².